The molecule has 0 bridgehead atoms. The minimum absolute atomic E-state index is 0.0278. The molecule has 0 radical (unpaired) electrons. The summed E-state index contributed by atoms with van der Waals surface area (Å²) in [6.45, 7) is 8.39. The number of hydrogen-bond donors (Lipinski definition) is 1. The molecule has 7 nitrogen and oxygen atoms in total. The summed E-state index contributed by atoms with van der Waals surface area (Å²) < 4.78 is 4.99. The number of benzene rings is 1. The lowest BCUT2D eigenvalue weighted by molar-refractivity contribution is 0.0524. The SMILES string of the molecule is CCOC(=O)c1ccc(C(=O)Nc2ccc(C(=O)N3CCCCC3C)cc2C)nc1C. The van der Waals surface area contributed by atoms with E-state index in [9.17, 15) is 14.4 Å². The number of likely N-dealkylation sites (tertiary alicyclic amines) is 1. The van der Waals surface area contributed by atoms with Crippen LogP contribution in [0.3, 0.4) is 0 Å². The van der Waals surface area contributed by atoms with Gasteiger partial charge in [-0.25, -0.2) is 9.78 Å². The highest BCUT2D eigenvalue weighted by Gasteiger charge is 2.24. The van der Waals surface area contributed by atoms with Crippen molar-refractivity contribution in [3.63, 3.8) is 0 Å². The number of esters is 1. The smallest absolute Gasteiger partial charge is 0.339 e. The van der Waals surface area contributed by atoms with Crippen molar-refractivity contribution >= 4 is 23.5 Å². The molecule has 1 aliphatic rings. The highest BCUT2D eigenvalue weighted by molar-refractivity contribution is 6.04. The number of rotatable bonds is 5. The van der Waals surface area contributed by atoms with Crippen molar-refractivity contribution in [2.75, 3.05) is 18.5 Å². The number of carbonyl (C=O) groups is 3. The average Bonchev–Trinajstić information content (AvgIpc) is 2.75. The highest BCUT2D eigenvalue weighted by Crippen LogP contribution is 2.23. The number of pyridine rings is 1. The summed E-state index contributed by atoms with van der Waals surface area (Å²) in [5.41, 5.74) is 3.00. The van der Waals surface area contributed by atoms with Crippen molar-refractivity contribution in [2.45, 2.75) is 53.0 Å². The molecule has 1 N–H and O–H groups in total. The third kappa shape index (κ3) is 5.10. The molecule has 31 heavy (non-hydrogen) atoms. The molecule has 1 unspecified atom stereocenters. The third-order valence-electron chi connectivity index (χ3n) is 5.60. The van der Waals surface area contributed by atoms with Gasteiger partial charge in [-0.15, -0.1) is 0 Å². The molecule has 1 aromatic heterocycles. The Bertz CT molecular complexity index is 1000. The van der Waals surface area contributed by atoms with Crippen molar-refractivity contribution < 1.29 is 19.1 Å². The van der Waals surface area contributed by atoms with E-state index < -0.39 is 5.97 Å². The number of carbonyl (C=O) groups excluding carboxylic acids is 3. The highest BCUT2D eigenvalue weighted by atomic mass is 16.5. The van der Waals surface area contributed by atoms with Crippen molar-refractivity contribution in [3.8, 4) is 0 Å². The topological polar surface area (TPSA) is 88.6 Å². The van der Waals surface area contributed by atoms with Crippen molar-refractivity contribution in [3.05, 3.63) is 58.4 Å². The number of piperidine rings is 1. The lowest BCUT2D eigenvalue weighted by Crippen LogP contribution is -2.42. The van der Waals surface area contributed by atoms with Gasteiger partial charge in [-0.1, -0.05) is 0 Å². The number of hydrogen-bond acceptors (Lipinski definition) is 5. The summed E-state index contributed by atoms with van der Waals surface area (Å²) in [7, 11) is 0. The van der Waals surface area contributed by atoms with E-state index in [4.69, 9.17) is 4.74 Å². The Morgan fingerprint density at radius 2 is 1.94 bits per heavy atom. The number of anilines is 1. The average molecular weight is 424 g/mol. The molecule has 2 amide bonds. The number of nitrogens with one attached hydrogen (secondary N) is 1. The van der Waals surface area contributed by atoms with Gasteiger partial charge in [-0.05, 0) is 82.9 Å². The van der Waals surface area contributed by atoms with Crippen LogP contribution in [0.25, 0.3) is 0 Å². The van der Waals surface area contributed by atoms with Crippen LogP contribution in [0, 0.1) is 13.8 Å². The van der Waals surface area contributed by atoms with E-state index in [1.807, 2.05) is 17.9 Å². The standard InChI is InChI=1S/C24H29N3O4/c1-5-31-24(30)19-10-12-21(25-17(19)4)22(28)26-20-11-9-18(14-15(20)2)23(29)27-13-7-6-8-16(27)3/h9-12,14,16H,5-8,13H2,1-4H3,(H,26,28). The molecule has 164 valence electrons. The maximum Gasteiger partial charge on any atom is 0.339 e. The van der Waals surface area contributed by atoms with Crippen LogP contribution in [0.4, 0.5) is 5.69 Å². The Hall–Kier alpha value is -3.22. The molecular weight excluding hydrogens is 394 g/mol. The molecule has 1 fully saturated rings. The lowest BCUT2D eigenvalue weighted by Gasteiger charge is -2.33. The first-order valence-electron chi connectivity index (χ1n) is 10.7. The molecule has 7 heteroatoms. The zero-order valence-corrected chi connectivity index (χ0v) is 18.5. The van der Waals surface area contributed by atoms with E-state index in [1.165, 1.54) is 6.07 Å². The van der Waals surface area contributed by atoms with Gasteiger partial charge in [0.05, 0.1) is 17.9 Å². The Labute approximate surface area is 182 Å². The Balaban J connectivity index is 1.73. The zero-order valence-electron chi connectivity index (χ0n) is 18.5. The van der Waals surface area contributed by atoms with Crippen LogP contribution < -0.4 is 5.32 Å². The van der Waals surface area contributed by atoms with Gasteiger partial charge in [-0.3, -0.25) is 9.59 Å². The van der Waals surface area contributed by atoms with Gasteiger partial charge in [0.2, 0.25) is 0 Å². The van der Waals surface area contributed by atoms with E-state index in [-0.39, 0.29) is 30.2 Å². The molecule has 1 aromatic carbocycles. The largest absolute Gasteiger partial charge is 0.462 e. The Morgan fingerprint density at radius 1 is 1.16 bits per heavy atom. The number of nitrogens with zero attached hydrogens (tertiary/aromatic N) is 2. The van der Waals surface area contributed by atoms with Gasteiger partial charge in [0.15, 0.2) is 0 Å². The molecular formula is C24H29N3O4. The predicted octanol–water partition coefficient (Wildman–Crippen LogP) is 4.14. The van der Waals surface area contributed by atoms with Crippen molar-refractivity contribution in [1.82, 2.24) is 9.88 Å². The first-order valence-corrected chi connectivity index (χ1v) is 10.7. The molecule has 1 aliphatic heterocycles. The van der Waals surface area contributed by atoms with Gasteiger partial charge in [-0.2, -0.15) is 0 Å². The minimum Gasteiger partial charge on any atom is -0.462 e. The summed E-state index contributed by atoms with van der Waals surface area (Å²) in [6.07, 6.45) is 3.22. The number of aromatic nitrogens is 1. The second kappa shape index (κ2) is 9.73. The molecule has 2 heterocycles. The van der Waals surface area contributed by atoms with Crippen LogP contribution in [-0.2, 0) is 4.74 Å². The minimum atomic E-state index is -0.460. The van der Waals surface area contributed by atoms with E-state index in [0.717, 1.165) is 31.4 Å². The van der Waals surface area contributed by atoms with E-state index in [1.54, 1.807) is 32.0 Å². The first kappa shape index (κ1) is 22.5. The number of ether oxygens (including phenoxy) is 1. The van der Waals surface area contributed by atoms with Crippen LogP contribution in [0.2, 0.25) is 0 Å². The van der Waals surface area contributed by atoms with E-state index in [0.29, 0.717) is 22.5 Å². The molecule has 0 saturated carbocycles. The fraction of sp³-hybridized carbons (Fsp3) is 0.417. The van der Waals surface area contributed by atoms with Gasteiger partial charge in [0.25, 0.3) is 11.8 Å². The summed E-state index contributed by atoms with van der Waals surface area (Å²) in [5, 5.41) is 2.84. The lowest BCUT2D eigenvalue weighted by atomic mass is 10.0. The molecule has 1 saturated heterocycles. The fourth-order valence-electron chi connectivity index (χ4n) is 3.80. The first-order chi connectivity index (χ1) is 14.8. The molecule has 3 rings (SSSR count). The monoisotopic (exact) mass is 423 g/mol. The molecule has 2 aromatic rings. The summed E-state index contributed by atoms with van der Waals surface area (Å²) in [6, 6.07) is 8.59. The van der Waals surface area contributed by atoms with Gasteiger partial charge in [0.1, 0.15) is 5.69 Å². The second-order valence-electron chi connectivity index (χ2n) is 7.88. The van der Waals surface area contributed by atoms with Gasteiger partial charge in [0, 0.05) is 23.8 Å². The normalized spacial score (nSPS) is 16.0. The quantitative estimate of drug-likeness (QED) is 0.730. The Kier molecular flexibility index (Phi) is 7.05. The van der Waals surface area contributed by atoms with Crippen LogP contribution in [0.15, 0.2) is 30.3 Å². The van der Waals surface area contributed by atoms with Crippen LogP contribution in [0.5, 0.6) is 0 Å². The van der Waals surface area contributed by atoms with Crippen molar-refractivity contribution in [2.24, 2.45) is 0 Å². The maximum atomic E-state index is 12.9. The Morgan fingerprint density at radius 3 is 2.58 bits per heavy atom. The summed E-state index contributed by atoms with van der Waals surface area (Å²) in [4.78, 5) is 43.6. The number of amides is 2. The summed E-state index contributed by atoms with van der Waals surface area (Å²) in [5.74, 6) is -0.816. The molecule has 0 spiro atoms. The molecule has 1 atom stereocenters. The van der Waals surface area contributed by atoms with Gasteiger partial charge < -0.3 is 15.0 Å². The fourth-order valence-corrected chi connectivity index (χ4v) is 3.80. The summed E-state index contributed by atoms with van der Waals surface area (Å²) >= 11 is 0. The van der Waals surface area contributed by atoms with E-state index >= 15 is 0 Å². The van der Waals surface area contributed by atoms with Crippen molar-refractivity contribution in [1.29, 1.82) is 0 Å². The zero-order chi connectivity index (χ0) is 22.5. The van der Waals surface area contributed by atoms with Crippen LogP contribution >= 0.6 is 0 Å². The third-order valence-corrected chi connectivity index (χ3v) is 5.60. The van der Waals surface area contributed by atoms with Gasteiger partial charge >= 0.3 is 5.97 Å². The molecule has 0 aliphatic carbocycles. The van der Waals surface area contributed by atoms with Crippen LogP contribution in [0.1, 0.15) is 75.6 Å². The van der Waals surface area contributed by atoms with Crippen LogP contribution in [-0.4, -0.2) is 46.9 Å². The second-order valence-corrected chi connectivity index (χ2v) is 7.88. The predicted molar refractivity (Wildman–Crippen MR) is 118 cm³/mol. The van der Waals surface area contributed by atoms with E-state index in [2.05, 4.69) is 17.2 Å². The number of aryl methyl sites for hydroxylation is 2. The maximum absolute atomic E-state index is 12.9.